The van der Waals surface area contributed by atoms with E-state index in [4.69, 9.17) is 9.47 Å². The summed E-state index contributed by atoms with van der Waals surface area (Å²) in [5.41, 5.74) is -0.413. The van der Waals surface area contributed by atoms with Crippen LogP contribution in [0.3, 0.4) is 0 Å². The first kappa shape index (κ1) is 14.8. The second kappa shape index (κ2) is 5.80. The lowest BCUT2D eigenvalue weighted by Gasteiger charge is -2.46. The van der Waals surface area contributed by atoms with Crippen molar-refractivity contribution in [3.8, 4) is 0 Å². The van der Waals surface area contributed by atoms with E-state index in [1.807, 2.05) is 27.7 Å². The van der Waals surface area contributed by atoms with Crippen LogP contribution < -0.4 is 0 Å². The van der Waals surface area contributed by atoms with Gasteiger partial charge in [-0.2, -0.15) is 0 Å². The number of hydrogen-bond acceptors (Lipinski definition) is 4. The molecule has 3 unspecified atom stereocenters. The third-order valence-electron chi connectivity index (χ3n) is 4.02. The molecule has 3 atom stereocenters. The van der Waals surface area contributed by atoms with Gasteiger partial charge in [0.15, 0.2) is 0 Å². The normalized spacial score (nSPS) is 30.5. The second-order valence-electron chi connectivity index (χ2n) is 6.71. The quantitative estimate of drug-likeness (QED) is 0.721. The molecule has 4 nitrogen and oxygen atoms in total. The number of morpholine rings is 1. The van der Waals surface area contributed by atoms with Gasteiger partial charge in [-0.1, -0.05) is 12.8 Å². The first-order chi connectivity index (χ1) is 8.88. The van der Waals surface area contributed by atoms with Crippen LogP contribution in [-0.4, -0.2) is 47.8 Å². The van der Waals surface area contributed by atoms with Crippen LogP contribution in [0.2, 0.25) is 0 Å². The maximum absolute atomic E-state index is 12.2. The topological polar surface area (TPSA) is 38.8 Å². The van der Waals surface area contributed by atoms with Crippen LogP contribution in [0.25, 0.3) is 0 Å². The van der Waals surface area contributed by atoms with Gasteiger partial charge in [0.25, 0.3) is 0 Å². The van der Waals surface area contributed by atoms with Gasteiger partial charge in [-0.05, 0) is 40.5 Å². The van der Waals surface area contributed by atoms with Crippen molar-refractivity contribution in [2.45, 2.75) is 77.2 Å². The molecule has 1 aliphatic carbocycles. The van der Waals surface area contributed by atoms with Gasteiger partial charge in [0, 0.05) is 12.6 Å². The zero-order valence-corrected chi connectivity index (χ0v) is 12.6. The number of carbonyl (C=O) groups excluding carboxylic acids is 1. The van der Waals surface area contributed by atoms with Gasteiger partial charge in [0.1, 0.15) is 11.6 Å². The van der Waals surface area contributed by atoms with Gasteiger partial charge in [-0.25, -0.2) is 0 Å². The minimum absolute atomic E-state index is 0.112. The van der Waals surface area contributed by atoms with Crippen molar-refractivity contribution < 1.29 is 14.3 Å². The third-order valence-corrected chi connectivity index (χ3v) is 4.02. The van der Waals surface area contributed by atoms with Crippen molar-refractivity contribution in [3.05, 3.63) is 0 Å². The fraction of sp³-hybridized carbons (Fsp3) is 0.933. The van der Waals surface area contributed by atoms with E-state index < -0.39 is 5.60 Å². The van der Waals surface area contributed by atoms with Gasteiger partial charge >= 0.3 is 5.97 Å². The highest BCUT2D eigenvalue weighted by Gasteiger charge is 2.39. The predicted molar refractivity (Wildman–Crippen MR) is 74.0 cm³/mol. The van der Waals surface area contributed by atoms with Crippen molar-refractivity contribution in [2.24, 2.45) is 0 Å². The minimum Gasteiger partial charge on any atom is -0.459 e. The third kappa shape index (κ3) is 3.69. The first-order valence-electron chi connectivity index (χ1n) is 7.49. The summed E-state index contributed by atoms with van der Waals surface area (Å²) < 4.78 is 11.4. The molecule has 0 N–H and O–H groups in total. The molecule has 2 fully saturated rings. The summed E-state index contributed by atoms with van der Waals surface area (Å²) in [5, 5.41) is 0. The Bertz CT molecular complexity index is 322. The van der Waals surface area contributed by atoms with E-state index in [9.17, 15) is 4.79 Å². The standard InChI is InChI=1S/C15H27NO3/c1-11(14(17)19-15(2,3)4)16-9-10-18-13-8-6-5-7-12(13)16/h11-13H,5-10H2,1-4H3. The van der Waals surface area contributed by atoms with E-state index >= 15 is 0 Å². The summed E-state index contributed by atoms with van der Waals surface area (Å²) in [4.78, 5) is 14.5. The summed E-state index contributed by atoms with van der Waals surface area (Å²) in [6.07, 6.45) is 5.06. The molecule has 0 aromatic carbocycles. The van der Waals surface area contributed by atoms with Crippen molar-refractivity contribution in [3.63, 3.8) is 0 Å². The Labute approximate surface area is 116 Å². The second-order valence-corrected chi connectivity index (χ2v) is 6.71. The van der Waals surface area contributed by atoms with Gasteiger partial charge in [-0.15, -0.1) is 0 Å². The molecular weight excluding hydrogens is 242 g/mol. The maximum Gasteiger partial charge on any atom is 0.323 e. The highest BCUT2D eigenvalue weighted by molar-refractivity contribution is 5.75. The Morgan fingerprint density at radius 2 is 2.00 bits per heavy atom. The Balaban J connectivity index is 2.00. The number of nitrogens with zero attached hydrogens (tertiary/aromatic N) is 1. The average Bonchev–Trinajstić information content (AvgIpc) is 2.35. The van der Waals surface area contributed by atoms with Crippen LogP contribution in [0.4, 0.5) is 0 Å². The monoisotopic (exact) mass is 269 g/mol. The van der Waals surface area contributed by atoms with E-state index in [1.165, 1.54) is 12.8 Å². The van der Waals surface area contributed by atoms with Crippen LogP contribution in [0.15, 0.2) is 0 Å². The van der Waals surface area contributed by atoms with Crippen LogP contribution >= 0.6 is 0 Å². The molecule has 0 spiro atoms. The Morgan fingerprint density at radius 3 is 2.68 bits per heavy atom. The lowest BCUT2D eigenvalue weighted by atomic mass is 9.89. The molecule has 0 aromatic rings. The molecular formula is C15H27NO3. The smallest absolute Gasteiger partial charge is 0.323 e. The number of fused-ring (bicyclic) bond motifs is 1. The highest BCUT2D eigenvalue weighted by atomic mass is 16.6. The van der Waals surface area contributed by atoms with Crippen LogP contribution in [-0.2, 0) is 14.3 Å². The highest BCUT2D eigenvalue weighted by Crippen LogP contribution is 2.30. The number of carbonyl (C=O) groups is 1. The molecule has 2 aliphatic rings. The molecule has 0 bridgehead atoms. The molecule has 1 aliphatic heterocycles. The van der Waals surface area contributed by atoms with Crippen LogP contribution in [0.1, 0.15) is 53.4 Å². The van der Waals surface area contributed by atoms with Crippen molar-refractivity contribution in [2.75, 3.05) is 13.2 Å². The average molecular weight is 269 g/mol. The number of ether oxygens (including phenoxy) is 2. The number of rotatable bonds is 2. The summed E-state index contributed by atoms with van der Waals surface area (Å²) in [6.45, 7) is 9.28. The van der Waals surface area contributed by atoms with Crippen molar-refractivity contribution in [1.29, 1.82) is 0 Å². The summed E-state index contributed by atoms with van der Waals surface area (Å²) >= 11 is 0. The Morgan fingerprint density at radius 1 is 1.32 bits per heavy atom. The largest absolute Gasteiger partial charge is 0.459 e. The molecule has 1 heterocycles. The molecule has 0 aromatic heterocycles. The molecule has 0 radical (unpaired) electrons. The molecule has 110 valence electrons. The number of hydrogen-bond donors (Lipinski definition) is 0. The van der Waals surface area contributed by atoms with E-state index in [-0.39, 0.29) is 12.0 Å². The maximum atomic E-state index is 12.2. The predicted octanol–water partition coefficient (Wildman–Crippen LogP) is 2.36. The van der Waals surface area contributed by atoms with Gasteiger partial charge in [0.2, 0.25) is 0 Å². The van der Waals surface area contributed by atoms with E-state index in [0.717, 1.165) is 26.0 Å². The van der Waals surface area contributed by atoms with Gasteiger partial charge < -0.3 is 9.47 Å². The van der Waals surface area contributed by atoms with Crippen molar-refractivity contribution in [1.82, 2.24) is 4.90 Å². The Kier molecular flexibility index (Phi) is 4.51. The minimum atomic E-state index is -0.413. The summed E-state index contributed by atoms with van der Waals surface area (Å²) in [6, 6.07) is 0.221. The Hall–Kier alpha value is -0.610. The molecule has 0 amide bonds. The van der Waals surface area contributed by atoms with Crippen LogP contribution in [0.5, 0.6) is 0 Å². The van der Waals surface area contributed by atoms with Gasteiger partial charge in [-0.3, -0.25) is 9.69 Å². The fourth-order valence-electron chi connectivity index (χ4n) is 3.13. The first-order valence-corrected chi connectivity index (χ1v) is 7.49. The van der Waals surface area contributed by atoms with E-state index in [2.05, 4.69) is 4.90 Å². The van der Waals surface area contributed by atoms with Crippen molar-refractivity contribution >= 4 is 5.97 Å². The van der Waals surface area contributed by atoms with E-state index in [0.29, 0.717) is 12.1 Å². The summed E-state index contributed by atoms with van der Waals surface area (Å²) in [5.74, 6) is -0.112. The molecule has 4 heteroatoms. The molecule has 1 saturated heterocycles. The van der Waals surface area contributed by atoms with Crippen LogP contribution in [0, 0.1) is 0 Å². The summed E-state index contributed by atoms with van der Waals surface area (Å²) in [7, 11) is 0. The molecule has 2 rings (SSSR count). The zero-order chi connectivity index (χ0) is 14.0. The lowest BCUT2D eigenvalue weighted by molar-refractivity contribution is -0.168. The zero-order valence-electron chi connectivity index (χ0n) is 12.6. The fourth-order valence-corrected chi connectivity index (χ4v) is 3.13. The van der Waals surface area contributed by atoms with E-state index in [1.54, 1.807) is 0 Å². The lowest BCUT2D eigenvalue weighted by Crippen LogP contribution is -2.58. The number of esters is 1. The SMILES string of the molecule is CC(C(=O)OC(C)(C)C)N1CCOC2CCCCC21. The molecule has 1 saturated carbocycles. The molecule has 19 heavy (non-hydrogen) atoms. The van der Waals surface area contributed by atoms with Gasteiger partial charge in [0.05, 0.1) is 12.7 Å².